The molecule has 0 rings (SSSR count). The van der Waals surface area contributed by atoms with Crippen LogP contribution in [0.1, 0.15) is 194 Å². The largest absolute Gasteiger partial charge is 0.380 e. The Hall–Kier alpha value is -0.600. The van der Waals surface area contributed by atoms with Crippen molar-refractivity contribution in [3.8, 4) is 0 Å². The van der Waals surface area contributed by atoms with E-state index in [2.05, 4.69) is 57.1 Å². The van der Waals surface area contributed by atoms with Gasteiger partial charge in [-0.2, -0.15) is 0 Å². The number of rotatable bonds is 34. The molecule has 0 amide bonds. The molecule has 0 aromatic rings. The molecule has 0 N–H and O–H groups in total. The van der Waals surface area contributed by atoms with Gasteiger partial charge in [-0.3, -0.25) is 0 Å². The molecule has 0 saturated carbocycles. The summed E-state index contributed by atoms with van der Waals surface area (Å²) < 4.78 is 6.10. The van der Waals surface area contributed by atoms with Crippen LogP contribution in [0.3, 0.4) is 0 Å². The van der Waals surface area contributed by atoms with Gasteiger partial charge in [-0.05, 0) is 59.0 Å². The van der Waals surface area contributed by atoms with Crippen LogP contribution in [-0.4, -0.2) is 38.3 Å². The molecule has 0 unspecified atom stereocenters. The minimum Gasteiger partial charge on any atom is -0.380 e. The maximum Gasteiger partial charge on any atom is 0.0621 e. The van der Waals surface area contributed by atoms with Crippen LogP contribution in [-0.2, 0) is 4.74 Å². The fourth-order valence-corrected chi connectivity index (χ4v) is 5.65. The Bertz CT molecular complexity index is 526. The molecule has 0 bridgehead atoms. The first-order valence-corrected chi connectivity index (χ1v) is 18.8. The summed E-state index contributed by atoms with van der Waals surface area (Å²) in [7, 11) is 4.44. The predicted octanol–water partition coefficient (Wildman–Crippen LogP) is 13.0. The van der Waals surface area contributed by atoms with Crippen LogP contribution in [0.15, 0.2) is 24.3 Å². The van der Waals surface area contributed by atoms with Gasteiger partial charge >= 0.3 is 0 Å². The van der Waals surface area contributed by atoms with E-state index in [9.17, 15) is 0 Å². The highest BCUT2D eigenvalue weighted by atomic mass is 16.5. The first-order valence-electron chi connectivity index (χ1n) is 18.8. The number of ether oxygens (including phenoxy) is 1. The van der Waals surface area contributed by atoms with Crippen molar-refractivity contribution in [2.24, 2.45) is 0 Å². The first kappa shape index (κ1) is 40.4. The fraction of sp³-hybridized carbons (Fsp3) is 0.897. The predicted molar refractivity (Wildman–Crippen MR) is 187 cm³/mol. The lowest BCUT2D eigenvalue weighted by molar-refractivity contribution is 0.0721. The molecular weight excluding hydrogens is 498 g/mol. The zero-order valence-electron chi connectivity index (χ0n) is 29.0. The molecule has 244 valence electrons. The van der Waals surface area contributed by atoms with Crippen molar-refractivity contribution in [2.45, 2.75) is 200 Å². The average Bonchev–Trinajstić information content (AvgIpc) is 2.97. The molecule has 0 aliphatic heterocycles. The van der Waals surface area contributed by atoms with E-state index >= 15 is 0 Å². The molecule has 0 fully saturated rings. The molecular formula is C39H77NO. The summed E-state index contributed by atoms with van der Waals surface area (Å²) in [5.41, 5.74) is 0. The molecule has 0 aliphatic rings. The van der Waals surface area contributed by atoms with Gasteiger partial charge in [0.05, 0.1) is 6.61 Å². The molecule has 41 heavy (non-hydrogen) atoms. The Balaban J connectivity index is 3.44. The molecule has 0 heterocycles. The van der Waals surface area contributed by atoms with E-state index in [1.165, 1.54) is 173 Å². The van der Waals surface area contributed by atoms with Crippen LogP contribution in [0.4, 0.5) is 0 Å². The Morgan fingerprint density at radius 1 is 0.463 bits per heavy atom. The van der Waals surface area contributed by atoms with E-state index in [-0.39, 0.29) is 0 Å². The number of unbranched alkanes of at least 4 members (excludes halogenated alkanes) is 23. The maximum absolute atomic E-state index is 6.10. The number of hydrogen-bond donors (Lipinski definition) is 0. The van der Waals surface area contributed by atoms with Crippen LogP contribution in [0, 0.1) is 0 Å². The third-order valence-corrected chi connectivity index (χ3v) is 8.67. The summed E-state index contributed by atoms with van der Waals surface area (Å²) in [4.78, 5) is 2.38. The van der Waals surface area contributed by atoms with E-state index in [4.69, 9.17) is 4.74 Å². The Labute approximate surface area is 260 Å². The van der Waals surface area contributed by atoms with Crippen LogP contribution in [0.5, 0.6) is 0 Å². The van der Waals surface area contributed by atoms with Crippen molar-refractivity contribution in [3.05, 3.63) is 24.3 Å². The van der Waals surface area contributed by atoms with Gasteiger partial charge in [0.1, 0.15) is 0 Å². The van der Waals surface area contributed by atoms with Crippen molar-refractivity contribution in [1.29, 1.82) is 0 Å². The number of nitrogens with zero attached hydrogens (tertiary/aromatic N) is 1. The quantitative estimate of drug-likeness (QED) is 0.0559. The second-order valence-corrected chi connectivity index (χ2v) is 13.0. The normalized spacial score (nSPS) is 12.9. The van der Waals surface area contributed by atoms with Gasteiger partial charge in [0.25, 0.3) is 0 Å². The highest BCUT2D eigenvalue weighted by molar-refractivity contribution is 4.92. The van der Waals surface area contributed by atoms with Crippen molar-refractivity contribution in [3.63, 3.8) is 0 Å². The first-order chi connectivity index (χ1) is 20.2. The highest BCUT2D eigenvalue weighted by Crippen LogP contribution is 2.15. The molecule has 0 spiro atoms. The SMILES string of the molecule is CCCCCC=CCC=CCCCCCCCCC[C@@H](COCCCCCCCCCCCCCCCC)N(C)C. The van der Waals surface area contributed by atoms with E-state index in [1.54, 1.807) is 0 Å². The lowest BCUT2D eigenvalue weighted by atomic mass is 10.0. The minimum atomic E-state index is 0.583. The lowest BCUT2D eigenvalue weighted by Gasteiger charge is -2.24. The average molecular weight is 576 g/mol. The van der Waals surface area contributed by atoms with Gasteiger partial charge in [-0.1, -0.05) is 173 Å². The van der Waals surface area contributed by atoms with Gasteiger partial charge in [0.15, 0.2) is 0 Å². The smallest absolute Gasteiger partial charge is 0.0621 e. The zero-order valence-corrected chi connectivity index (χ0v) is 29.0. The van der Waals surface area contributed by atoms with Crippen molar-refractivity contribution < 1.29 is 4.74 Å². The topological polar surface area (TPSA) is 12.5 Å². The molecule has 0 radical (unpaired) electrons. The summed E-state index contributed by atoms with van der Waals surface area (Å²) in [6.45, 7) is 6.43. The van der Waals surface area contributed by atoms with Crippen LogP contribution < -0.4 is 0 Å². The molecule has 0 aromatic heterocycles. The summed E-state index contributed by atoms with van der Waals surface area (Å²) in [5, 5.41) is 0. The van der Waals surface area contributed by atoms with Gasteiger partial charge < -0.3 is 9.64 Å². The summed E-state index contributed by atoms with van der Waals surface area (Å²) in [6.07, 6.45) is 47.9. The monoisotopic (exact) mass is 576 g/mol. The highest BCUT2D eigenvalue weighted by Gasteiger charge is 2.11. The third-order valence-electron chi connectivity index (χ3n) is 8.67. The minimum absolute atomic E-state index is 0.583. The second kappa shape index (κ2) is 35.6. The van der Waals surface area contributed by atoms with Gasteiger partial charge in [-0.15, -0.1) is 0 Å². The maximum atomic E-state index is 6.10. The van der Waals surface area contributed by atoms with E-state index in [0.717, 1.165) is 19.6 Å². The number of likely N-dealkylation sites (N-methyl/N-ethyl adjacent to an activating group) is 1. The van der Waals surface area contributed by atoms with E-state index in [0.29, 0.717) is 6.04 Å². The van der Waals surface area contributed by atoms with E-state index in [1.807, 2.05) is 0 Å². The van der Waals surface area contributed by atoms with Crippen LogP contribution >= 0.6 is 0 Å². The Morgan fingerprint density at radius 3 is 1.34 bits per heavy atom. The standard InChI is InChI=1S/C39H77NO/c1-5-7-9-11-13-15-17-19-21-22-23-24-26-28-30-32-34-36-39(40(3)4)38-41-37-35-33-31-29-27-25-20-18-16-14-12-10-8-6-2/h13,15,19,21,39H,5-12,14,16-18,20,22-38H2,1-4H3/t39-/m0/s1. The molecule has 2 nitrogen and oxygen atoms in total. The fourth-order valence-electron chi connectivity index (χ4n) is 5.65. The lowest BCUT2D eigenvalue weighted by Crippen LogP contribution is -2.32. The molecule has 0 aliphatic carbocycles. The zero-order chi connectivity index (χ0) is 29.9. The number of hydrogen-bond acceptors (Lipinski definition) is 2. The molecule has 2 heteroatoms. The molecule has 1 atom stereocenters. The Kier molecular flexibility index (Phi) is 35.1. The van der Waals surface area contributed by atoms with Gasteiger partial charge in [0, 0.05) is 12.6 Å². The second-order valence-electron chi connectivity index (χ2n) is 13.0. The van der Waals surface area contributed by atoms with Crippen LogP contribution in [0.25, 0.3) is 0 Å². The van der Waals surface area contributed by atoms with E-state index < -0.39 is 0 Å². The van der Waals surface area contributed by atoms with Crippen molar-refractivity contribution in [2.75, 3.05) is 27.3 Å². The molecule has 0 saturated heterocycles. The van der Waals surface area contributed by atoms with Crippen molar-refractivity contribution >= 4 is 0 Å². The van der Waals surface area contributed by atoms with Gasteiger partial charge in [0.2, 0.25) is 0 Å². The van der Waals surface area contributed by atoms with Crippen LogP contribution in [0.2, 0.25) is 0 Å². The molecule has 0 aromatic carbocycles. The van der Waals surface area contributed by atoms with Gasteiger partial charge in [-0.25, -0.2) is 0 Å². The summed E-state index contributed by atoms with van der Waals surface area (Å²) >= 11 is 0. The summed E-state index contributed by atoms with van der Waals surface area (Å²) in [5.74, 6) is 0. The van der Waals surface area contributed by atoms with Crippen molar-refractivity contribution in [1.82, 2.24) is 4.90 Å². The number of allylic oxidation sites excluding steroid dienone is 4. The summed E-state index contributed by atoms with van der Waals surface area (Å²) in [6, 6.07) is 0.583. The third kappa shape index (κ3) is 33.8. The Morgan fingerprint density at radius 2 is 0.854 bits per heavy atom.